The molecule has 1 aromatic carbocycles. The third-order valence-corrected chi connectivity index (χ3v) is 3.73. The van der Waals surface area contributed by atoms with Crippen LogP contribution in [-0.2, 0) is 4.74 Å². The van der Waals surface area contributed by atoms with Crippen molar-refractivity contribution in [1.29, 1.82) is 0 Å². The molecule has 25 heavy (non-hydrogen) atoms. The molecule has 0 fully saturated rings. The van der Waals surface area contributed by atoms with E-state index in [-0.39, 0.29) is 0 Å². The molecule has 2 heterocycles. The zero-order chi connectivity index (χ0) is 18.2. The Morgan fingerprint density at radius 1 is 1.16 bits per heavy atom. The second kappa shape index (κ2) is 8.97. The highest BCUT2D eigenvalue weighted by Crippen LogP contribution is 2.18. The monoisotopic (exact) mass is 339 g/mol. The lowest BCUT2D eigenvalue weighted by molar-refractivity contribution is 0.0520. The minimum atomic E-state index is -0.410. The molecule has 0 spiro atoms. The molecule has 0 radical (unpaired) electrons. The molecule has 0 bridgehead atoms. The fraction of sp³-hybridized carbons (Fsp3) is 0.350. The first-order valence-electron chi connectivity index (χ1n) is 8.63. The van der Waals surface area contributed by atoms with E-state index < -0.39 is 5.97 Å². The maximum Gasteiger partial charge on any atom is 0.356 e. The highest BCUT2D eigenvalue weighted by Gasteiger charge is 2.12. The molecule has 0 unspecified atom stereocenters. The lowest BCUT2D eigenvalue weighted by atomic mass is 10.2. The summed E-state index contributed by atoms with van der Waals surface area (Å²) in [7, 11) is 0. The number of carbonyl (C=O) groups is 1. The molecule has 0 amide bonds. The SMILES string of the molecule is CCC(C)C.CCOC(=O)c1cnc(-c2ccc3ccccc3n2)[nH]1. The number of nitrogens with zero attached hydrogens (tertiary/aromatic N) is 2. The van der Waals surface area contributed by atoms with Gasteiger partial charge in [0.15, 0.2) is 5.82 Å². The molecule has 0 saturated carbocycles. The van der Waals surface area contributed by atoms with Crippen LogP contribution in [0, 0.1) is 5.92 Å². The smallest absolute Gasteiger partial charge is 0.356 e. The number of aromatic amines is 1. The summed E-state index contributed by atoms with van der Waals surface area (Å²) in [6.45, 7) is 8.74. The van der Waals surface area contributed by atoms with Crippen LogP contribution in [0.3, 0.4) is 0 Å². The molecule has 0 saturated heterocycles. The minimum absolute atomic E-state index is 0.330. The zero-order valence-electron chi connectivity index (χ0n) is 15.2. The first kappa shape index (κ1) is 18.6. The van der Waals surface area contributed by atoms with Gasteiger partial charge in [0.05, 0.1) is 18.3 Å². The number of hydrogen-bond acceptors (Lipinski definition) is 4. The number of fused-ring (bicyclic) bond motifs is 1. The molecule has 3 rings (SSSR count). The van der Waals surface area contributed by atoms with Gasteiger partial charge in [-0.25, -0.2) is 14.8 Å². The summed E-state index contributed by atoms with van der Waals surface area (Å²) in [5.41, 5.74) is 1.91. The summed E-state index contributed by atoms with van der Waals surface area (Å²) in [5.74, 6) is 1.03. The first-order chi connectivity index (χ1) is 12.0. The van der Waals surface area contributed by atoms with Crippen LogP contribution in [0.1, 0.15) is 44.6 Å². The van der Waals surface area contributed by atoms with Gasteiger partial charge < -0.3 is 9.72 Å². The molecular weight excluding hydrogens is 314 g/mol. The second-order valence-corrected chi connectivity index (χ2v) is 6.06. The summed E-state index contributed by atoms with van der Waals surface area (Å²) in [5, 5.41) is 1.06. The number of rotatable bonds is 4. The van der Waals surface area contributed by atoms with Crippen molar-refractivity contribution >= 4 is 16.9 Å². The highest BCUT2D eigenvalue weighted by molar-refractivity contribution is 5.88. The van der Waals surface area contributed by atoms with Crippen LogP contribution in [0.25, 0.3) is 22.4 Å². The van der Waals surface area contributed by atoms with Crippen molar-refractivity contribution in [3.63, 3.8) is 0 Å². The number of aromatic nitrogens is 3. The summed E-state index contributed by atoms with van der Waals surface area (Å²) in [4.78, 5) is 23.2. The number of benzene rings is 1. The molecule has 132 valence electrons. The van der Waals surface area contributed by atoms with E-state index in [1.807, 2.05) is 36.4 Å². The van der Waals surface area contributed by atoms with E-state index in [1.54, 1.807) is 6.92 Å². The number of esters is 1. The van der Waals surface area contributed by atoms with Gasteiger partial charge in [0, 0.05) is 5.39 Å². The highest BCUT2D eigenvalue weighted by atomic mass is 16.5. The molecule has 0 aliphatic carbocycles. The van der Waals surface area contributed by atoms with Crippen molar-refractivity contribution in [2.45, 2.75) is 34.1 Å². The summed E-state index contributed by atoms with van der Waals surface area (Å²) in [6.07, 6.45) is 2.77. The van der Waals surface area contributed by atoms with E-state index in [4.69, 9.17) is 4.74 Å². The summed E-state index contributed by atoms with van der Waals surface area (Å²) < 4.78 is 4.92. The van der Waals surface area contributed by atoms with Gasteiger partial charge in [-0.15, -0.1) is 0 Å². The third kappa shape index (κ3) is 5.14. The van der Waals surface area contributed by atoms with Gasteiger partial charge >= 0.3 is 5.97 Å². The van der Waals surface area contributed by atoms with Crippen LogP contribution in [0.15, 0.2) is 42.6 Å². The molecule has 5 nitrogen and oxygen atoms in total. The average Bonchev–Trinajstić information content (AvgIpc) is 3.12. The number of H-pyrrole nitrogens is 1. The number of carbonyl (C=O) groups excluding carboxylic acids is 1. The fourth-order valence-corrected chi connectivity index (χ4v) is 1.96. The van der Waals surface area contributed by atoms with Crippen LogP contribution in [0.4, 0.5) is 0 Å². The zero-order valence-corrected chi connectivity index (χ0v) is 15.2. The normalized spacial score (nSPS) is 10.4. The largest absolute Gasteiger partial charge is 0.461 e. The second-order valence-electron chi connectivity index (χ2n) is 6.06. The Morgan fingerprint density at radius 3 is 2.56 bits per heavy atom. The number of nitrogens with one attached hydrogen (secondary N) is 1. The van der Waals surface area contributed by atoms with Gasteiger partial charge in [0.1, 0.15) is 11.4 Å². The van der Waals surface area contributed by atoms with Crippen LogP contribution in [0.2, 0.25) is 0 Å². The molecule has 0 aliphatic rings. The fourth-order valence-electron chi connectivity index (χ4n) is 1.96. The van der Waals surface area contributed by atoms with Gasteiger partial charge in [-0.2, -0.15) is 0 Å². The predicted octanol–water partition coefficient (Wildman–Crippen LogP) is 4.85. The van der Waals surface area contributed by atoms with Crippen LogP contribution >= 0.6 is 0 Å². The van der Waals surface area contributed by atoms with Crippen molar-refractivity contribution in [3.8, 4) is 11.5 Å². The van der Waals surface area contributed by atoms with Gasteiger partial charge in [-0.05, 0) is 25.0 Å². The lowest BCUT2D eigenvalue weighted by Gasteiger charge is -2.00. The Hall–Kier alpha value is -2.69. The van der Waals surface area contributed by atoms with E-state index in [0.717, 1.165) is 16.8 Å². The van der Waals surface area contributed by atoms with E-state index >= 15 is 0 Å². The number of para-hydroxylation sites is 1. The molecule has 3 aromatic rings. The number of hydrogen-bond donors (Lipinski definition) is 1. The Bertz CT molecular complexity index is 824. The van der Waals surface area contributed by atoms with Crippen molar-refractivity contribution in [2.75, 3.05) is 6.61 Å². The number of imidazole rings is 1. The minimum Gasteiger partial charge on any atom is -0.461 e. The Kier molecular flexibility index (Phi) is 6.69. The molecule has 1 N–H and O–H groups in total. The van der Waals surface area contributed by atoms with Crippen LogP contribution < -0.4 is 0 Å². The van der Waals surface area contributed by atoms with E-state index in [0.29, 0.717) is 23.8 Å². The van der Waals surface area contributed by atoms with E-state index in [2.05, 4.69) is 35.7 Å². The van der Waals surface area contributed by atoms with Crippen molar-refractivity contribution < 1.29 is 9.53 Å². The van der Waals surface area contributed by atoms with Gasteiger partial charge in [0.25, 0.3) is 0 Å². The predicted molar refractivity (Wildman–Crippen MR) is 100 cm³/mol. The van der Waals surface area contributed by atoms with E-state index in [1.165, 1.54) is 12.6 Å². The van der Waals surface area contributed by atoms with Crippen molar-refractivity contribution in [3.05, 3.63) is 48.3 Å². The molecule has 5 heteroatoms. The molecule has 2 aromatic heterocycles. The standard InChI is InChI=1S/C15H13N3O2.C5H12/c1-2-20-15(19)13-9-16-14(18-13)12-8-7-10-5-3-4-6-11(10)17-12;1-4-5(2)3/h3-9H,2H2,1H3,(H,16,18);5H,4H2,1-3H3. The summed E-state index contributed by atoms with van der Waals surface area (Å²) >= 11 is 0. The van der Waals surface area contributed by atoms with Crippen molar-refractivity contribution in [1.82, 2.24) is 15.0 Å². The van der Waals surface area contributed by atoms with Gasteiger partial charge in [0.2, 0.25) is 0 Å². The quantitative estimate of drug-likeness (QED) is 0.690. The topological polar surface area (TPSA) is 67.9 Å². The van der Waals surface area contributed by atoms with Crippen LogP contribution in [-0.4, -0.2) is 27.5 Å². The Morgan fingerprint density at radius 2 is 1.88 bits per heavy atom. The Balaban J connectivity index is 0.000000399. The molecule has 0 atom stereocenters. The Labute approximate surface area is 148 Å². The van der Waals surface area contributed by atoms with Crippen LogP contribution in [0.5, 0.6) is 0 Å². The van der Waals surface area contributed by atoms with E-state index in [9.17, 15) is 4.79 Å². The molecular formula is C20H25N3O2. The van der Waals surface area contributed by atoms with Gasteiger partial charge in [-0.1, -0.05) is 51.5 Å². The molecule has 0 aliphatic heterocycles. The maximum absolute atomic E-state index is 11.6. The number of pyridine rings is 1. The van der Waals surface area contributed by atoms with Crippen molar-refractivity contribution in [2.24, 2.45) is 5.92 Å². The number of ether oxygens (including phenoxy) is 1. The summed E-state index contributed by atoms with van der Waals surface area (Å²) in [6, 6.07) is 11.7. The first-order valence-corrected chi connectivity index (χ1v) is 8.63. The van der Waals surface area contributed by atoms with Gasteiger partial charge in [-0.3, -0.25) is 0 Å². The maximum atomic E-state index is 11.6. The third-order valence-electron chi connectivity index (χ3n) is 3.73. The average molecular weight is 339 g/mol. The lowest BCUT2D eigenvalue weighted by Crippen LogP contribution is -2.04.